The average Bonchev–Trinajstić information content (AvgIpc) is 2.74. The molecule has 1 heterocycles. The zero-order chi connectivity index (χ0) is 21.1. The first-order valence-corrected chi connectivity index (χ1v) is 9.72. The Kier molecular flexibility index (Phi) is 5.70. The number of benzene rings is 3. The van der Waals surface area contributed by atoms with E-state index >= 15 is 0 Å². The van der Waals surface area contributed by atoms with Crippen LogP contribution in [0.4, 0.5) is 0 Å². The van der Waals surface area contributed by atoms with Gasteiger partial charge < -0.3 is 9.72 Å². The molecule has 3 aromatic carbocycles. The van der Waals surface area contributed by atoms with Gasteiger partial charge >= 0.3 is 5.69 Å². The zero-order valence-electron chi connectivity index (χ0n) is 15.5. The smallest absolute Gasteiger partial charge is 0.349 e. The van der Waals surface area contributed by atoms with E-state index in [4.69, 9.17) is 27.9 Å². The highest BCUT2D eigenvalue weighted by Gasteiger charge is 2.07. The van der Waals surface area contributed by atoms with Crippen LogP contribution in [-0.2, 0) is 6.61 Å². The average molecular weight is 440 g/mol. The lowest BCUT2D eigenvalue weighted by atomic mass is 10.2. The third-order valence-corrected chi connectivity index (χ3v) is 4.92. The SMILES string of the molecule is O=c1[nH]c2ccccc2c(=O)n1N=Cc1ccc(OCc2ccc(Cl)cc2)c(Cl)c1. The molecule has 0 saturated heterocycles. The molecule has 1 aromatic heterocycles. The molecule has 0 atom stereocenters. The summed E-state index contributed by atoms with van der Waals surface area (Å²) in [5, 5.41) is 5.43. The molecule has 150 valence electrons. The van der Waals surface area contributed by atoms with Crippen molar-refractivity contribution in [3.8, 4) is 5.75 Å². The number of aromatic nitrogens is 2. The maximum absolute atomic E-state index is 12.5. The van der Waals surface area contributed by atoms with Gasteiger partial charge in [0.1, 0.15) is 12.4 Å². The summed E-state index contributed by atoms with van der Waals surface area (Å²) in [6, 6.07) is 19.1. The Morgan fingerprint density at radius 3 is 2.53 bits per heavy atom. The summed E-state index contributed by atoms with van der Waals surface area (Å²) < 4.78 is 6.52. The van der Waals surface area contributed by atoms with Crippen LogP contribution in [0.5, 0.6) is 5.75 Å². The van der Waals surface area contributed by atoms with Crippen LogP contribution in [0.2, 0.25) is 10.0 Å². The van der Waals surface area contributed by atoms with Crippen molar-refractivity contribution in [2.24, 2.45) is 5.10 Å². The van der Waals surface area contributed by atoms with Gasteiger partial charge in [-0.05, 0) is 53.6 Å². The Labute approximate surface area is 181 Å². The van der Waals surface area contributed by atoms with Gasteiger partial charge in [0.2, 0.25) is 0 Å². The number of fused-ring (bicyclic) bond motifs is 1. The molecule has 6 nitrogen and oxygen atoms in total. The second-order valence-electron chi connectivity index (χ2n) is 6.44. The third-order valence-electron chi connectivity index (χ3n) is 4.37. The Hall–Kier alpha value is -3.35. The van der Waals surface area contributed by atoms with E-state index in [1.165, 1.54) is 6.21 Å². The lowest BCUT2D eigenvalue weighted by molar-refractivity contribution is 0.306. The van der Waals surface area contributed by atoms with E-state index in [1.54, 1.807) is 54.6 Å². The van der Waals surface area contributed by atoms with Crippen LogP contribution >= 0.6 is 23.2 Å². The Balaban J connectivity index is 1.54. The number of nitrogens with zero attached hydrogens (tertiary/aromatic N) is 2. The van der Waals surface area contributed by atoms with Crippen LogP contribution in [0.25, 0.3) is 10.9 Å². The highest BCUT2D eigenvalue weighted by Crippen LogP contribution is 2.26. The van der Waals surface area contributed by atoms with Crippen LogP contribution in [0.15, 0.2) is 81.4 Å². The molecule has 0 spiro atoms. The summed E-state index contributed by atoms with van der Waals surface area (Å²) in [7, 11) is 0. The first-order valence-electron chi connectivity index (χ1n) is 8.96. The molecule has 1 N–H and O–H groups in total. The van der Waals surface area contributed by atoms with E-state index in [0.29, 0.717) is 38.9 Å². The van der Waals surface area contributed by atoms with Gasteiger partial charge in [-0.2, -0.15) is 5.10 Å². The number of ether oxygens (including phenoxy) is 1. The van der Waals surface area contributed by atoms with Crippen LogP contribution in [0.1, 0.15) is 11.1 Å². The molecule has 0 bridgehead atoms. The second kappa shape index (κ2) is 8.57. The highest BCUT2D eigenvalue weighted by molar-refractivity contribution is 6.32. The number of H-pyrrole nitrogens is 1. The first-order chi connectivity index (χ1) is 14.5. The maximum atomic E-state index is 12.5. The summed E-state index contributed by atoms with van der Waals surface area (Å²) in [5.74, 6) is 0.504. The Bertz CT molecular complexity index is 1360. The fourth-order valence-corrected chi connectivity index (χ4v) is 3.21. The molecular weight excluding hydrogens is 425 g/mol. The predicted octanol–water partition coefficient (Wildman–Crippen LogP) is 4.46. The number of aromatic amines is 1. The van der Waals surface area contributed by atoms with E-state index < -0.39 is 11.2 Å². The normalized spacial score (nSPS) is 11.3. The molecule has 0 unspecified atom stereocenters. The first kappa shape index (κ1) is 19.9. The quantitative estimate of drug-likeness (QED) is 0.466. The monoisotopic (exact) mass is 439 g/mol. The lowest BCUT2D eigenvalue weighted by Crippen LogP contribution is -2.32. The van der Waals surface area contributed by atoms with Gasteiger partial charge in [-0.3, -0.25) is 4.79 Å². The van der Waals surface area contributed by atoms with Crippen LogP contribution in [-0.4, -0.2) is 15.9 Å². The van der Waals surface area contributed by atoms with Crippen LogP contribution in [0.3, 0.4) is 0 Å². The molecular formula is C22H15Cl2N3O3. The van der Waals surface area contributed by atoms with E-state index in [1.807, 2.05) is 12.1 Å². The second-order valence-corrected chi connectivity index (χ2v) is 7.29. The van der Waals surface area contributed by atoms with Crippen molar-refractivity contribution >= 4 is 40.3 Å². The Morgan fingerprint density at radius 1 is 1.00 bits per heavy atom. The van der Waals surface area contributed by atoms with Gasteiger partial charge in [-0.15, -0.1) is 4.68 Å². The van der Waals surface area contributed by atoms with E-state index in [-0.39, 0.29) is 0 Å². The van der Waals surface area contributed by atoms with Crippen molar-refractivity contribution < 1.29 is 4.74 Å². The third kappa shape index (κ3) is 4.30. The molecule has 0 radical (unpaired) electrons. The number of nitrogens with one attached hydrogen (secondary N) is 1. The van der Waals surface area contributed by atoms with E-state index in [9.17, 15) is 9.59 Å². The topological polar surface area (TPSA) is 76.5 Å². The number of hydrogen-bond acceptors (Lipinski definition) is 4. The number of para-hydroxylation sites is 1. The summed E-state index contributed by atoms with van der Waals surface area (Å²) in [6.45, 7) is 0.339. The van der Waals surface area contributed by atoms with Crippen molar-refractivity contribution in [1.29, 1.82) is 0 Å². The van der Waals surface area contributed by atoms with Crippen molar-refractivity contribution in [1.82, 2.24) is 9.66 Å². The van der Waals surface area contributed by atoms with Crippen molar-refractivity contribution in [3.05, 3.63) is 109 Å². The van der Waals surface area contributed by atoms with Gasteiger partial charge in [-0.25, -0.2) is 4.79 Å². The Morgan fingerprint density at radius 2 is 1.77 bits per heavy atom. The summed E-state index contributed by atoms with van der Waals surface area (Å²) >= 11 is 12.2. The molecule has 0 fully saturated rings. The molecule has 4 rings (SSSR count). The molecule has 0 aliphatic carbocycles. The molecule has 0 aliphatic heterocycles. The molecule has 4 aromatic rings. The van der Waals surface area contributed by atoms with Gasteiger partial charge in [-0.1, -0.05) is 47.5 Å². The minimum Gasteiger partial charge on any atom is -0.487 e. The fraction of sp³-hybridized carbons (Fsp3) is 0.0455. The molecule has 0 aliphatic rings. The highest BCUT2D eigenvalue weighted by atomic mass is 35.5. The van der Waals surface area contributed by atoms with Gasteiger partial charge in [0, 0.05) is 5.02 Å². The number of rotatable bonds is 5. The largest absolute Gasteiger partial charge is 0.487 e. The van der Waals surface area contributed by atoms with E-state index in [0.717, 1.165) is 10.2 Å². The maximum Gasteiger partial charge on any atom is 0.349 e. The number of halogens is 2. The van der Waals surface area contributed by atoms with Gasteiger partial charge in [0.05, 0.1) is 22.1 Å². The minimum absolute atomic E-state index is 0.339. The minimum atomic E-state index is -0.621. The molecule has 30 heavy (non-hydrogen) atoms. The molecule has 0 saturated carbocycles. The molecule has 8 heteroatoms. The standard InChI is InChI=1S/C22H15Cl2N3O3/c23-16-8-5-14(6-9-16)13-30-20-10-7-15(11-18(20)24)12-25-27-21(28)17-3-1-2-4-19(17)26-22(27)29/h1-12H,13H2,(H,26,29). The van der Waals surface area contributed by atoms with Crippen molar-refractivity contribution in [2.45, 2.75) is 6.61 Å². The van der Waals surface area contributed by atoms with Crippen LogP contribution in [0, 0.1) is 0 Å². The molecule has 0 amide bonds. The van der Waals surface area contributed by atoms with Crippen molar-refractivity contribution in [3.63, 3.8) is 0 Å². The fourth-order valence-electron chi connectivity index (χ4n) is 2.84. The van der Waals surface area contributed by atoms with Crippen molar-refractivity contribution in [2.75, 3.05) is 0 Å². The summed E-state index contributed by atoms with van der Waals surface area (Å²) in [4.78, 5) is 27.3. The zero-order valence-corrected chi connectivity index (χ0v) is 17.0. The van der Waals surface area contributed by atoms with Crippen LogP contribution < -0.4 is 16.0 Å². The lowest BCUT2D eigenvalue weighted by Gasteiger charge is -2.09. The summed E-state index contributed by atoms with van der Waals surface area (Å²) in [6.07, 6.45) is 1.39. The predicted molar refractivity (Wildman–Crippen MR) is 119 cm³/mol. The van der Waals surface area contributed by atoms with Gasteiger partial charge in [0.25, 0.3) is 5.56 Å². The van der Waals surface area contributed by atoms with Gasteiger partial charge in [0.15, 0.2) is 0 Å². The summed E-state index contributed by atoms with van der Waals surface area (Å²) in [5.41, 5.74) is 0.905. The van der Waals surface area contributed by atoms with E-state index in [2.05, 4.69) is 10.1 Å². The number of hydrogen-bond donors (Lipinski definition) is 1.